The highest BCUT2D eigenvalue weighted by Crippen LogP contribution is 2.11. The molecule has 0 bridgehead atoms. The summed E-state index contributed by atoms with van der Waals surface area (Å²) in [4.78, 5) is 11.8. The van der Waals surface area contributed by atoms with Crippen molar-refractivity contribution in [2.24, 2.45) is 0 Å². The predicted molar refractivity (Wildman–Crippen MR) is 93.7 cm³/mol. The lowest BCUT2D eigenvalue weighted by Crippen LogP contribution is -2.14. The van der Waals surface area contributed by atoms with Crippen LogP contribution in [0.5, 0.6) is 5.75 Å². The van der Waals surface area contributed by atoms with E-state index < -0.39 is 0 Å². The Bertz CT molecular complexity index is 569. The van der Waals surface area contributed by atoms with Crippen LogP contribution in [0.15, 0.2) is 54.6 Å². The Kier molecular flexibility index (Phi) is 6.84. The average Bonchev–Trinajstić information content (AvgIpc) is 2.54. The summed E-state index contributed by atoms with van der Waals surface area (Å²) in [6.45, 7) is 2.70. The van der Waals surface area contributed by atoms with Gasteiger partial charge in [0.2, 0.25) is 5.91 Å². The second-order valence-corrected chi connectivity index (χ2v) is 6.09. The fourth-order valence-electron chi connectivity index (χ4n) is 1.87. The number of ether oxygens (including phenoxy) is 1. The summed E-state index contributed by atoms with van der Waals surface area (Å²) in [7, 11) is 0. The Morgan fingerprint density at radius 1 is 1.09 bits per heavy atom. The van der Waals surface area contributed by atoms with Crippen molar-refractivity contribution < 1.29 is 9.53 Å². The van der Waals surface area contributed by atoms with E-state index in [1.807, 2.05) is 61.5 Å². The van der Waals surface area contributed by atoms with Gasteiger partial charge in [-0.15, -0.1) is 0 Å². The van der Waals surface area contributed by atoms with Gasteiger partial charge in [0.15, 0.2) is 0 Å². The van der Waals surface area contributed by atoms with Gasteiger partial charge in [-0.3, -0.25) is 4.79 Å². The first-order valence-corrected chi connectivity index (χ1v) is 8.51. The minimum atomic E-state index is 0.0397. The minimum absolute atomic E-state index is 0.0397. The molecule has 2 rings (SSSR count). The zero-order valence-corrected chi connectivity index (χ0v) is 13.6. The number of hydrogen-bond donors (Lipinski definition) is 1. The maximum Gasteiger partial charge on any atom is 0.234 e. The van der Waals surface area contributed by atoms with Crippen LogP contribution < -0.4 is 10.1 Å². The monoisotopic (exact) mass is 315 g/mol. The van der Waals surface area contributed by atoms with Crippen LogP contribution in [0.2, 0.25) is 0 Å². The van der Waals surface area contributed by atoms with Crippen LogP contribution in [-0.2, 0) is 4.79 Å². The van der Waals surface area contributed by atoms with Crippen molar-refractivity contribution in [2.75, 3.05) is 23.4 Å². The molecule has 0 heterocycles. The Hall–Kier alpha value is -1.94. The number of carbonyl (C=O) groups excluding carboxylic acids is 1. The van der Waals surface area contributed by atoms with Crippen molar-refractivity contribution in [3.63, 3.8) is 0 Å². The van der Waals surface area contributed by atoms with Crippen LogP contribution in [0.4, 0.5) is 5.69 Å². The molecule has 0 spiro atoms. The first-order valence-electron chi connectivity index (χ1n) is 7.36. The molecule has 0 saturated carbocycles. The first-order chi connectivity index (χ1) is 10.7. The van der Waals surface area contributed by atoms with Gasteiger partial charge in [0.05, 0.1) is 12.4 Å². The molecule has 22 heavy (non-hydrogen) atoms. The molecule has 1 amide bonds. The van der Waals surface area contributed by atoms with E-state index in [0.717, 1.165) is 23.6 Å². The zero-order chi connectivity index (χ0) is 15.6. The van der Waals surface area contributed by atoms with Gasteiger partial charge in [-0.25, -0.2) is 0 Å². The molecular weight excluding hydrogens is 294 g/mol. The standard InChI is InChI=1S/C18H21NO2S/c1-15-8-10-16(11-9-15)19-18(20)14-22-13-5-12-21-17-6-3-2-4-7-17/h2-4,6-11H,5,12-14H2,1H3,(H,19,20). The summed E-state index contributed by atoms with van der Waals surface area (Å²) in [6, 6.07) is 17.6. The SMILES string of the molecule is Cc1ccc(NC(=O)CSCCCOc2ccccc2)cc1. The molecule has 0 aliphatic carbocycles. The second kappa shape index (κ2) is 9.15. The normalized spacial score (nSPS) is 10.2. The quantitative estimate of drug-likeness (QED) is 0.744. The summed E-state index contributed by atoms with van der Waals surface area (Å²) < 4.78 is 5.61. The lowest BCUT2D eigenvalue weighted by Gasteiger charge is -2.07. The molecule has 4 heteroatoms. The number of nitrogens with one attached hydrogen (secondary N) is 1. The number of benzene rings is 2. The number of hydrogen-bond acceptors (Lipinski definition) is 3. The molecule has 0 radical (unpaired) electrons. The smallest absolute Gasteiger partial charge is 0.234 e. The number of aryl methyl sites for hydroxylation is 1. The molecule has 0 fully saturated rings. The van der Waals surface area contributed by atoms with Crippen LogP contribution in [0, 0.1) is 6.92 Å². The van der Waals surface area contributed by atoms with Gasteiger partial charge in [0.25, 0.3) is 0 Å². The number of rotatable bonds is 8. The molecule has 3 nitrogen and oxygen atoms in total. The van der Waals surface area contributed by atoms with E-state index in [2.05, 4.69) is 5.32 Å². The van der Waals surface area contributed by atoms with Crippen molar-refractivity contribution in [3.8, 4) is 5.75 Å². The maximum absolute atomic E-state index is 11.8. The van der Waals surface area contributed by atoms with Gasteiger partial charge in [-0.05, 0) is 43.4 Å². The fourth-order valence-corrected chi connectivity index (χ4v) is 2.59. The highest BCUT2D eigenvalue weighted by Gasteiger charge is 2.02. The molecule has 116 valence electrons. The minimum Gasteiger partial charge on any atom is -0.494 e. The molecule has 0 saturated heterocycles. The van der Waals surface area contributed by atoms with E-state index in [1.165, 1.54) is 5.56 Å². The van der Waals surface area contributed by atoms with E-state index in [1.54, 1.807) is 11.8 Å². The second-order valence-electron chi connectivity index (χ2n) is 4.98. The number of para-hydroxylation sites is 1. The van der Waals surface area contributed by atoms with Crippen molar-refractivity contribution in [1.29, 1.82) is 0 Å². The highest BCUT2D eigenvalue weighted by atomic mass is 32.2. The summed E-state index contributed by atoms with van der Waals surface area (Å²) in [5.41, 5.74) is 2.04. The zero-order valence-electron chi connectivity index (χ0n) is 12.7. The highest BCUT2D eigenvalue weighted by molar-refractivity contribution is 7.99. The number of anilines is 1. The predicted octanol–water partition coefficient (Wildman–Crippen LogP) is 4.14. The van der Waals surface area contributed by atoms with E-state index in [9.17, 15) is 4.79 Å². The molecule has 0 unspecified atom stereocenters. The maximum atomic E-state index is 11.8. The molecule has 2 aromatic carbocycles. The third-order valence-corrected chi connectivity index (χ3v) is 4.06. The van der Waals surface area contributed by atoms with E-state index >= 15 is 0 Å². The van der Waals surface area contributed by atoms with Gasteiger partial charge in [0.1, 0.15) is 5.75 Å². The molecule has 0 aliphatic rings. The van der Waals surface area contributed by atoms with Gasteiger partial charge in [0, 0.05) is 5.69 Å². The fraction of sp³-hybridized carbons (Fsp3) is 0.278. The molecule has 0 atom stereocenters. The molecule has 1 N–H and O–H groups in total. The van der Waals surface area contributed by atoms with Crippen molar-refractivity contribution in [1.82, 2.24) is 0 Å². The Morgan fingerprint density at radius 2 is 1.82 bits per heavy atom. The topological polar surface area (TPSA) is 38.3 Å². The van der Waals surface area contributed by atoms with Gasteiger partial charge in [-0.1, -0.05) is 35.9 Å². The van der Waals surface area contributed by atoms with Crippen LogP contribution in [-0.4, -0.2) is 24.0 Å². The number of amides is 1. The average molecular weight is 315 g/mol. The van der Waals surface area contributed by atoms with Crippen LogP contribution in [0.1, 0.15) is 12.0 Å². The third kappa shape index (κ3) is 6.22. The van der Waals surface area contributed by atoms with E-state index in [-0.39, 0.29) is 5.91 Å². The Balaban J connectivity index is 1.54. The van der Waals surface area contributed by atoms with Gasteiger partial charge in [-0.2, -0.15) is 11.8 Å². The summed E-state index contributed by atoms with van der Waals surface area (Å²) in [5.74, 6) is 2.32. The summed E-state index contributed by atoms with van der Waals surface area (Å²) in [6.07, 6.45) is 0.928. The molecule has 0 aromatic heterocycles. The molecule has 0 aliphatic heterocycles. The van der Waals surface area contributed by atoms with Gasteiger partial charge >= 0.3 is 0 Å². The molecule has 2 aromatic rings. The number of carbonyl (C=O) groups is 1. The third-order valence-electron chi connectivity index (χ3n) is 3.01. The van der Waals surface area contributed by atoms with E-state index in [0.29, 0.717) is 12.4 Å². The largest absolute Gasteiger partial charge is 0.494 e. The Morgan fingerprint density at radius 3 is 2.55 bits per heavy atom. The van der Waals surface area contributed by atoms with Crippen molar-refractivity contribution in [3.05, 3.63) is 60.2 Å². The summed E-state index contributed by atoms with van der Waals surface area (Å²) >= 11 is 1.63. The molecular formula is C18H21NO2S. The van der Waals surface area contributed by atoms with Gasteiger partial charge < -0.3 is 10.1 Å². The summed E-state index contributed by atoms with van der Waals surface area (Å²) in [5, 5.41) is 2.89. The first kappa shape index (κ1) is 16.4. The van der Waals surface area contributed by atoms with E-state index in [4.69, 9.17) is 4.74 Å². The van der Waals surface area contributed by atoms with Crippen LogP contribution in [0.25, 0.3) is 0 Å². The van der Waals surface area contributed by atoms with Crippen LogP contribution in [0.3, 0.4) is 0 Å². The Labute approximate surface area is 136 Å². The number of thioether (sulfide) groups is 1. The van der Waals surface area contributed by atoms with Crippen LogP contribution >= 0.6 is 11.8 Å². The lowest BCUT2D eigenvalue weighted by molar-refractivity contribution is -0.113. The lowest BCUT2D eigenvalue weighted by atomic mass is 10.2. The van der Waals surface area contributed by atoms with Crippen molar-refractivity contribution >= 4 is 23.4 Å². The van der Waals surface area contributed by atoms with Crippen molar-refractivity contribution in [2.45, 2.75) is 13.3 Å².